The van der Waals surface area contributed by atoms with E-state index in [1.807, 2.05) is 0 Å². The van der Waals surface area contributed by atoms with Crippen molar-refractivity contribution in [3.8, 4) is 11.5 Å². The van der Waals surface area contributed by atoms with Crippen LogP contribution in [0.25, 0.3) is 10.2 Å². The number of halogens is 1. The lowest BCUT2D eigenvalue weighted by Crippen LogP contribution is -2.43. The van der Waals surface area contributed by atoms with Crippen LogP contribution >= 0.6 is 22.9 Å². The topological polar surface area (TPSA) is 97.8 Å². The number of carbonyl (C=O) groups is 1. The highest BCUT2D eigenvalue weighted by molar-refractivity contribution is 7.89. The maximum absolute atomic E-state index is 13.1. The number of hydrogen-bond acceptors (Lipinski definition) is 7. The lowest BCUT2D eigenvalue weighted by atomic mass is 10.2. The molecule has 1 aliphatic heterocycles. The molecule has 8 nitrogen and oxygen atoms in total. The molecule has 1 N–H and O–H groups in total. The predicted molar refractivity (Wildman–Crippen MR) is 120 cm³/mol. The predicted octanol–water partition coefficient (Wildman–Crippen LogP) is 3.76. The number of aromatic nitrogens is 1. The molecule has 3 aromatic rings. The summed E-state index contributed by atoms with van der Waals surface area (Å²) in [5.74, 6) is 0.690. The van der Waals surface area contributed by atoms with Crippen LogP contribution in [-0.4, -0.2) is 50.4 Å². The van der Waals surface area contributed by atoms with Crippen LogP contribution in [0.1, 0.15) is 12.8 Å². The van der Waals surface area contributed by atoms with Crippen molar-refractivity contribution in [1.29, 1.82) is 0 Å². The fourth-order valence-corrected chi connectivity index (χ4v) is 6.19. The third-order valence-corrected chi connectivity index (χ3v) is 8.16. The van der Waals surface area contributed by atoms with Crippen LogP contribution in [0.4, 0.5) is 5.13 Å². The first-order chi connectivity index (χ1) is 14.8. The number of amides is 1. The zero-order valence-electron chi connectivity index (χ0n) is 16.8. The Morgan fingerprint density at radius 1 is 1.19 bits per heavy atom. The number of methoxy groups -OCH3 is 2. The molecule has 1 aromatic heterocycles. The van der Waals surface area contributed by atoms with Gasteiger partial charge in [-0.2, -0.15) is 4.31 Å². The van der Waals surface area contributed by atoms with E-state index >= 15 is 0 Å². The first-order valence-corrected chi connectivity index (χ1v) is 12.1. The molecule has 1 atom stereocenters. The third-order valence-electron chi connectivity index (χ3n) is 5.05. The third kappa shape index (κ3) is 4.20. The minimum Gasteiger partial charge on any atom is -0.493 e. The number of hydrogen-bond donors (Lipinski definition) is 1. The Hall–Kier alpha value is -2.40. The summed E-state index contributed by atoms with van der Waals surface area (Å²) in [5.41, 5.74) is 0.648. The minimum atomic E-state index is -3.82. The van der Waals surface area contributed by atoms with Crippen molar-refractivity contribution in [2.24, 2.45) is 0 Å². The Morgan fingerprint density at radius 3 is 2.55 bits per heavy atom. The van der Waals surface area contributed by atoms with Crippen molar-refractivity contribution in [3.05, 3.63) is 41.4 Å². The summed E-state index contributed by atoms with van der Waals surface area (Å²) in [7, 11) is -0.740. The van der Waals surface area contributed by atoms with E-state index in [0.717, 1.165) is 4.70 Å². The molecule has 1 aliphatic rings. The van der Waals surface area contributed by atoms with E-state index in [-0.39, 0.29) is 11.4 Å². The number of fused-ring (bicyclic) bond motifs is 1. The molecule has 1 fully saturated rings. The van der Waals surface area contributed by atoms with Gasteiger partial charge in [-0.1, -0.05) is 22.9 Å². The number of nitrogens with zero attached hydrogens (tertiary/aromatic N) is 2. The number of ether oxygens (including phenoxy) is 2. The van der Waals surface area contributed by atoms with Gasteiger partial charge in [0, 0.05) is 23.7 Å². The second-order valence-corrected chi connectivity index (χ2v) is 10.3. The Morgan fingerprint density at radius 2 is 1.87 bits per heavy atom. The van der Waals surface area contributed by atoms with Crippen molar-refractivity contribution >= 4 is 54.2 Å². The number of nitrogens with one attached hydrogen (secondary N) is 1. The van der Waals surface area contributed by atoms with E-state index in [1.165, 1.54) is 47.0 Å². The van der Waals surface area contributed by atoms with Crippen LogP contribution in [0.2, 0.25) is 5.02 Å². The number of thiazole rings is 1. The number of sulfonamides is 1. The van der Waals surface area contributed by atoms with Gasteiger partial charge in [0.05, 0.1) is 29.3 Å². The average Bonchev–Trinajstić information content (AvgIpc) is 3.39. The monoisotopic (exact) mass is 481 g/mol. The van der Waals surface area contributed by atoms with Crippen molar-refractivity contribution in [2.45, 2.75) is 23.8 Å². The van der Waals surface area contributed by atoms with E-state index < -0.39 is 22.0 Å². The molecule has 2 aromatic carbocycles. The SMILES string of the molecule is COc1cc2nc(NC(=O)C3CCCN3S(=O)(=O)c3ccc(Cl)cc3)sc2cc1OC. The Bertz CT molecular complexity index is 1190. The lowest BCUT2D eigenvalue weighted by Gasteiger charge is -2.23. The highest BCUT2D eigenvalue weighted by atomic mass is 35.5. The molecular weight excluding hydrogens is 462 g/mol. The number of anilines is 1. The quantitative estimate of drug-likeness (QED) is 0.575. The van der Waals surface area contributed by atoms with Gasteiger partial charge in [0.25, 0.3) is 0 Å². The highest BCUT2D eigenvalue weighted by Crippen LogP contribution is 2.36. The van der Waals surface area contributed by atoms with E-state index in [1.54, 1.807) is 19.2 Å². The molecule has 0 aliphatic carbocycles. The standard InChI is InChI=1S/C20H20ClN3O5S2/c1-28-16-10-14-18(11-17(16)29-2)30-20(22-14)23-19(25)15-4-3-9-24(15)31(26,27)13-7-5-12(21)6-8-13/h5-8,10-11,15H,3-4,9H2,1-2H3,(H,22,23,25). The molecule has 4 rings (SSSR count). The molecule has 0 spiro atoms. The molecule has 11 heteroatoms. The maximum Gasteiger partial charge on any atom is 0.244 e. The molecule has 1 unspecified atom stereocenters. The molecule has 0 radical (unpaired) electrons. The lowest BCUT2D eigenvalue weighted by molar-refractivity contribution is -0.119. The summed E-state index contributed by atoms with van der Waals surface area (Å²) in [4.78, 5) is 17.5. The zero-order valence-corrected chi connectivity index (χ0v) is 19.2. The van der Waals surface area contributed by atoms with Crippen molar-refractivity contribution in [1.82, 2.24) is 9.29 Å². The van der Waals surface area contributed by atoms with Gasteiger partial charge in [0.2, 0.25) is 15.9 Å². The Kier molecular flexibility index (Phi) is 6.07. The molecule has 1 saturated heterocycles. The Balaban J connectivity index is 1.57. The van der Waals surface area contributed by atoms with Gasteiger partial charge in [-0.05, 0) is 37.1 Å². The molecular formula is C20H20ClN3O5S2. The van der Waals surface area contributed by atoms with Crippen LogP contribution in [0.15, 0.2) is 41.3 Å². The molecule has 0 bridgehead atoms. The first kappa shape index (κ1) is 21.8. The van der Waals surface area contributed by atoms with Crippen LogP contribution in [0, 0.1) is 0 Å². The number of carbonyl (C=O) groups excluding carboxylic acids is 1. The van der Waals surface area contributed by atoms with Gasteiger partial charge < -0.3 is 14.8 Å². The van der Waals surface area contributed by atoms with E-state index in [2.05, 4.69) is 10.3 Å². The van der Waals surface area contributed by atoms with Crippen LogP contribution in [0.3, 0.4) is 0 Å². The van der Waals surface area contributed by atoms with Gasteiger partial charge in [0.1, 0.15) is 6.04 Å². The maximum atomic E-state index is 13.1. The normalized spacial score (nSPS) is 17.1. The van der Waals surface area contributed by atoms with Crippen molar-refractivity contribution in [2.75, 3.05) is 26.1 Å². The fraction of sp³-hybridized carbons (Fsp3) is 0.300. The fourth-order valence-electron chi connectivity index (χ4n) is 3.53. The van der Waals surface area contributed by atoms with Crippen LogP contribution in [0.5, 0.6) is 11.5 Å². The summed E-state index contributed by atoms with van der Waals surface area (Å²) in [5, 5.41) is 3.59. The molecule has 2 heterocycles. The minimum absolute atomic E-state index is 0.107. The van der Waals surface area contributed by atoms with E-state index in [0.29, 0.717) is 40.0 Å². The molecule has 1 amide bonds. The van der Waals surface area contributed by atoms with Gasteiger partial charge >= 0.3 is 0 Å². The highest BCUT2D eigenvalue weighted by Gasteiger charge is 2.39. The molecule has 164 valence electrons. The summed E-state index contributed by atoms with van der Waals surface area (Å²) >= 11 is 7.15. The summed E-state index contributed by atoms with van der Waals surface area (Å²) in [6, 6.07) is 8.63. The van der Waals surface area contributed by atoms with E-state index in [4.69, 9.17) is 21.1 Å². The second-order valence-electron chi connectivity index (χ2n) is 6.91. The number of rotatable bonds is 6. The zero-order chi connectivity index (χ0) is 22.2. The van der Waals surface area contributed by atoms with Gasteiger partial charge in [-0.25, -0.2) is 13.4 Å². The van der Waals surface area contributed by atoms with Crippen LogP contribution < -0.4 is 14.8 Å². The second kappa shape index (κ2) is 8.62. The summed E-state index contributed by atoms with van der Waals surface area (Å²) in [6.07, 6.45) is 1.03. The largest absolute Gasteiger partial charge is 0.493 e. The first-order valence-electron chi connectivity index (χ1n) is 9.44. The molecule has 0 saturated carbocycles. The van der Waals surface area contributed by atoms with Crippen molar-refractivity contribution in [3.63, 3.8) is 0 Å². The summed E-state index contributed by atoms with van der Waals surface area (Å²) in [6.45, 7) is 0.275. The van der Waals surface area contributed by atoms with Gasteiger partial charge in [0.15, 0.2) is 16.6 Å². The van der Waals surface area contributed by atoms with Gasteiger partial charge in [-0.3, -0.25) is 4.79 Å². The smallest absolute Gasteiger partial charge is 0.244 e. The van der Waals surface area contributed by atoms with E-state index in [9.17, 15) is 13.2 Å². The average molecular weight is 482 g/mol. The Labute approximate surface area is 188 Å². The molecule has 31 heavy (non-hydrogen) atoms. The summed E-state index contributed by atoms with van der Waals surface area (Å²) < 4.78 is 38.8. The van der Waals surface area contributed by atoms with Gasteiger partial charge in [-0.15, -0.1) is 0 Å². The number of benzene rings is 2. The van der Waals surface area contributed by atoms with Crippen LogP contribution in [-0.2, 0) is 14.8 Å². The van der Waals surface area contributed by atoms with Crippen molar-refractivity contribution < 1.29 is 22.7 Å².